The average molecular weight is 492 g/mol. The molecule has 5 rings (SSSR count). The first-order valence-corrected chi connectivity index (χ1v) is 12.5. The highest BCUT2D eigenvalue weighted by Crippen LogP contribution is 2.28. The number of aryl methyl sites for hydroxylation is 1. The van der Waals surface area contributed by atoms with Gasteiger partial charge in [-0.1, -0.05) is 56.3 Å². The van der Waals surface area contributed by atoms with Gasteiger partial charge in [-0.05, 0) is 84.5 Å². The topological polar surface area (TPSA) is 71.4 Å². The maximum Gasteiger partial charge on any atom is 0.335 e. The number of hydrogen-bond acceptors (Lipinski definition) is 3. The number of imide groups is 2. The molecular formula is C31H29N3O3. The smallest absolute Gasteiger partial charge is 0.318 e. The summed E-state index contributed by atoms with van der Waals surface area (Å²) in [6.07, 6.45) is 2.56. The molecule has 1 atom stereocenters. The minimum atomic E-state index is -0.745. The second-order valence-electron chi connectivity index (χ2n) is 9.55. The number of hydrogen-bond donors (Lipinski definition) is 1. The van der Waals surface area contributed by atoms with Crippen LogP contribution in [0.4, 0.5) is 10.5 Å². The molecule has 186 valence electrons. The quantitative estimate of drug-likeness (QED) is 0.258. The third-order valence-corrected chi connectivity index (χ3v) is 7.20. The zero-order valence-corrected chi connectivity index (χ0v) is 21.4. The van der Waals surface area contributed by atoms with Crippen molar-refractivity contribution in [3.8, 4) is 5.69 Å². The van der Waals surface area contributed by atoms with Crippen molar-refractivity contribution in [1.82, 2.24) is 9.88 Å². The van der Waals surface area contributed by atoms with Gasteiger partial charge < -0.3 is 4.57 Å². The van der Waals surface area contributed by atoms with Gasteiger partial charge in [-0.25, -0.2) is 9.69 Å². The van der Waals surface area contributed by atoms with Gasteiger partial charge in [0.15, 0.2) is 0 Å². The van der Waals surface area contributed by atoms with Crippen molar-refractivity contribution in [3.05, 3.63) is 101 Å². The summed E-state index contributed by atoms with van der Waals surface area (Å²) in [6.45, 7) is 8.18. The number of carbonyl (C=O) groups is 3. The Balaban J connectivity index is 1.51. The second-order valence-corrected chi connectivity index (χ2v) is 9.55. The highest BCUT2D eigenvalue weighted by atomic mass is 16.2. The average Bonchev–Trinajstić information content (AvgIpc) is 3.18. The zero-order valence-electron chi connectivity index (χ0n) is 21.4. The summed E-state index contributed by atoms with van der Waals surface area (Å²) >= 11 is 0. The van der Waals surface area contributed by atoms with Gasteiger partial charge in [-0.3, -0.25) is 14.9 Å². The third kappa shape index (κ3) is 4.35. The van der Waals surface area contributed by atoms with Crippen LogP contribution in [-0.2, 0) is 9.59 Å². The van der Waals surface area contributed by atoms with Gasteiger partial charge in [-0.15, -0.1) is 0 Å². The van der Waals surface area contributed by atoms with Crippen LogP contribution in [0.25, 0.3) is 22.5 Å². The normalized spacial score (nSPS) is 15.9. The Morgan fingerprint density at radius 2 is 1.54 bits per heavy atom. The van der Waals surface area contributed by atoms with Crippen molar-refractivity contribution in [1.29, 1.82) is 0 Å². The van der Waals surface area contributed by atoms with Crippen molar-refractivity contribution in [2.75, 3.05) is 4.90 Å². The Labute approximate surface area is 216 Å². The van der Waals surface area contributed by atoms with Crippen LogP contribution in [0.2, 0.25) is 0 Å². The number of nitrogens with zero attached hydrogens (tertiary/aromatic N) is 2. The van der Waals surface area contributed by atoms with Gasteiger partial charge in [0, 0.05) is 17.1 Å². The number of rotatable bonds is 5. The lowest BCUT2D eigenvalue weighted by Gasteiger charge is -2.26. The molecule has 0 aliphatic carbocycles. The number of carbonyl (C=O) groups excluding carboxylic acids is 3. The molecule has 4 amide bonds. The number of aromatic nitrogens is 1. The lowest BCUT2D eigenvalue weighted by molar-refractivity contribution is -0.122. The SMILES string of the molecule is CC[C@H](C)c1ccc(N2C(=O)NC(=O)/C(=C/c3cc(C)n(-c4ccc5ccccc5c4)c3C)C2=O)cc1. The first kappa shape index (κ1) is 24.3. The number of anilines is 1. The van der Waals surface area contributed by atoms with E-state index in [4.69, 9.17) is 0 Å². The van der Waals surface area contributed by atoms with Crippen LogP contribution in [0.3, 0.4) is 0 Å². The fourth-order valence-electron chi connectivity index (χ4n) is 4.88. The van der Waals surface area contributed by atoms with Crippen molar-refractivity contribution in [2.45, 2.75) is 40.0 Å². The van der Waals surface area contributed by atoms with Crippen molar-refractivity contribution >= 4 is 40.4 Å². The molecule has 6 nitrogen and oxygen atoms in total. The Kier molecular flexibility index (Phi) is 6.25. The highest BCUT2D eigenvalue weighted by Gasteiger charge is 2.37. The van der Waals surface area contributed by atoms with Gasteiger partial charge in [0.05, 0.1) is 5.69 Å². The number of amides is 4. The molecule has 1 saturated heterocycles. The van der Waals surface area contributed by atoms with Gasteiger partial charge >= 0.3 is 6.03 Å². The first-order chi connectivity index (χ1) is 17.8. The molecule has 0 radical (unpaired) electrons. The molecule has 1 aromatic heterocycles. The number of fused-ring (bicyclic) bond motifs is 1. The summed E-state index contributed by atoms with van der Waals surface area (Å²) in [6, 6.07) is 23.0. The Morgan fingerprint density at radius 1 is 0.865 bits per heavy atom. The largest absolute Gasteiger partial charge is 0.335 e. The zero-order chi connectivity index (χ0) is 26.3. The summed E-state index contributed by atoms with van der Waals surface area (Å²) in [5.74, 6) is -0.964. The standard InChI is InChI=1S/C31H29N3O3/c1-5-19(2)22-10-13-26(14-11-22)34-30(36)28(29(35)32-31(34)37)18-25-16-20(3)33(21(25)4)27-15-12-23-8-6-7-9-24(23)17-27/h6-19H,5H2,1-4H3,(H,32,35,37)/b28-18-/t19-/m0/s1. The predicted octanol–water partition coefficient (Wildman–Crippen LogP) is 6.43. The molecule has 0 saturated carbocycles. The van der Waals surface area contributed by atoms with Gasteiger partial charge in [-0.2, -0.15) is 0 Å². The van der Waals surface area contributed by atoms with Gasteiger partial charge in [0.25, 0.3) is 11.8 Å². The number of benzene rings is 3. The van der Waals surface area contributed by atoms with E-state index in [1.807, 2.05) is 44.2 Å². The van der Waals surface area contributed by atoms with Crippen LogP contribution < -0.4 is 10.2 Å². The van der Waals surface area contributed by atoms with Crippen LogP contribution in [0.1, 0.15) is 48.7 Å². The van der Waals surface area contributed by atoms with Crippen LogP contribution in [-0.4, -0.2) is 22.4 Å². The van der Waals surface area contributed by atoms with E-state index in [1.54, 1.807) is 18.2 Å². The number of barbiturate groups is 1. The number of urea groups is 1. The van der Waals surface area contributed by atoms with Crippen LogP contribution >= 0.6 is 0 Å². The van der Waals surface area contributed by atoms with Crippen LogP contribution in [0.15, 0.2) is 78.4 Å². The molecular weight excluding hydrogens is 462 g/mol. The first-order valence-electron chi connectivity index (χ1n) is 12.5. The maximum absolute atomic E-state index is 13.4. The van der Waals surface area contributed by atoms with Crippen LogP contribution in [0.5, 0.6) is 0 Å². The monoisotopic (exact) mass is 491 g/mol. The molecule has 0 spiro atoms. The highest BCUT2D eigenvalue weighted by molar-refractivity contribution is 6.39. The minimum Gasteiger partial charge on any atom is -0.318 e. The summed E-state index contributed by atoms with van der Waals surface area (Å²) in [5, 5.41) is 4.60. The third-order valence-electron chi connectivity index (χ3n) is 7.20. The fraction of sp³-hybridized carbons (Fsp3) is 0.194. The molecule has 6 heteroatoms. The minimum absolute atomic E-state index is 0.0793. The van der Waals surface area contributed by atoms with Crippen molar-refractivity contribution in [2.24, 2.45) is 0 Å². The van der Waals surface area contributed by atoms with Crippen LogP contribution in [0, 0.1) is 13.8 Å². The summed E-state index contributed by atoms with van der Waals surface area (Å²) in [4.78, 5) is 39.8. The molecule has 0 bridgehead atoms. The summed E-state index contributed by atoms with van der Waals surface area (Å²) in [7, 11) is 0. The summed E-state index contributed by atoms with van der Waals surface area (Å²) < 4.78 is 2.10. The van der Waals surface area contributed by atoms with E-state index < -0.39 is 17.8 Å². The van der Waals surface area contributed by atoms with E-state index in [1.165, 1.54) is 0 Å². The molecule has 2 heterocycles. The van der Waals surface area contributed by atoms with E-state index in [2.05, 4.69) is 54.1 Å². The van der Waals surface area contributed by atoms with E-state index in [0.717, 1.165) is 50.3 Å². The van der Waals surface area contributed by atoms with E-state index >= 15 is 0 Å². The van der Waals surface area contributed by atoms with E-state index in [-0.39, 0.29) is 5.57 Å². The Bertz CT molecular complexity index is 1580. The molecule has 4 aromatic rings. The molecule has 1 aliphatic rings. The summed E-state index contributed by atoms with van der Waals surface area (Å²) in [5.41, 5.74) is 5.07. The van der Waals surface area contributed by atoms with Gasteiger partial charge in [0.2, 0.25) is 0 Å². The Morgan fingerprint density at radius 3 is 2.24 bits per heavy atom. The molecule has 1 aliphatic heterocycles. The molecule has 1 N–H and O–H groups in total. The lowest BCUT2D eigenvalue weighted by Crippen LogP contribution is -2.54. The lowest BCUT2D eigenvalue weighted by atomic mass is 9.98. The van der Waals surface area contributed by atoms with E-state index in [0.29, 0.717) is 11.6 Å². The maximum atomic E-state index is 13.4. The molecule has 0 unspecified atom stereocenters. The van der Waals surface area contributed by atoms with Crippen molar-refractivity contribution in [3.63, 3.8) is 0 Å². The van der Waals surface area contributed by atoms with E-state index in [9.17, 15) is 14.4 Å². The van der Waals surface area contributed by atoms with Crippen molar-refractivity contribution < 1.29 is 14.4 Å². The molecule has 1 fully saturated rings. The second kappa shape index (κ2) is 9.54. The fourth-order valence-corrected chi connectivity index (χ4v) is 4.88. The molecule has 3 aromatic carbocycles. The number of nitrogens with one attached hydrogen (secondary N) is 1. The Hall–Kier alpha value is -4.45. The predicted molar refractivity (Wildman–Crippen MR) is 147 cm³/mol. The molecule has 37 heavy (non-hydrogen) atoms. The van der Waals surface area contributed by atoms with Gasteiger partial charge in [0.1, 0.15) is 5.57 Å².